The number of unbranched alkanes of at least 4 members (excludes halogenated alkanes) is 1. The second-order valence-electron chi connectivity index (χ2n) is 3.36. The summed E-state index contributed by atoms with van der Waals surface area (Å²) in [6, 6.07) is 0. The molecule has 1 rings (SSSR count). The smallest absolute Gasteiger partial charge is 0.337 e. The van der Waals surface area contributed by atoms with Gasteiger partial charge in [-0.2, -0.15) is 0 Å². The third-order valence-electron chi connectivity index (χ3n) is 2.09. The molecule has 0 bridgehead atoms. The maximum Gasteiger partial charge on any atom is 0.337 e. The molecule has 0 aromatic rings. The van der Waals surface area contributed by atoms with Gasteiger partial charge in [-0.05, 0) is 13.3 Å². The van der Waals surface area contributed by atoms with Crippen molar-refractivity contribution in [2.45, 2.75) is 39.4 Å². The summed E-state index contributed by atoms with van der Waals surface area (Å²) in [6.07, 6.45) is 3.72. The zero-order valence-corrected chi connectivity index (χ0v) is 9.32. The number of carbonyl (C=O) groups is 1. The Morgan fingerprint density at radius 3 is 3.07 bits per heavy atom. The first-order valence-electron chi connectivity index (χ1n) is 5.41. The Morgan fingerprint density at radius 1 is 1.60 bits per heavy atom. The van der Waals surface area contributed by atoms with Gasteiger partial charge in [-0.1, -0.05) is 13.3 Å². The van der Waals surface area contributed by atoms with Gasteiger partial charge in [0.2, 0.25) is 6.29 Å². The fourth-order valence-corrected chi connectivity index (χ4v) is 1.25. The van der Waals surface area contributed by atoms with E-state index in [2.05, 4.69) is 6.92 Å². The molecule has 15 heavy (non-hydrogen) atoms. The second kappa shape index (κ2) is 6.45. The summed E-state index contributed by atoms with van der Waals surface area (Å²) in [4.78, 5) is 11.3. The summed E-state index contributed by atoms with van der Waals surface area (Å²) < 4.78 is 15.5. The van der Waals surface area contributed by atoms with Gasteiger partial charge in [0, 0.05) is 6.42 Å². The zero-order valence-electron chi connectivity index (χ0n) is 9.32. The molecule has 0 fully saturated rings. The van der Waals surface area contributed by atoms with Crippen molar-refractivity contribution in [1.82, 2.24) is 0 Å². The zero-order chi connectivity index (χ0) is 11.1. The molecule has 0 N–H and O–H groups in total. The standard InChI is InChI=1S/C11H18O4/c1-3-5-6-14-10-7-9(8-15-10)11(12)13-4-2/h8,10H,3-7H2,1-2H3. The van der Waals surface area contributed by atoms with Crippen molar-refractivity contribution in [3.05, 3.63) is 11.8 Å². The summed E-state index contributed by atoms with van der Waals surface area (Å²) in [5.74, 6) is -0.306. The highest BCUT2D eigenvalue weighted by molar-refractivity contribution is 5.88. The highest BCUT2D eigenvalue weighted by atomic mass is 16.7. The normalized spacial score (nSPS) is 19.6. The quantitative estimate of drug-likeness (QED) is 0.501. The maximum atomic E-state index is 11.3. The van der Waals surface area contributed by atoms with Crippen LogP contribution in [0.5, 0.6) is 0 Å². The van der Waals surface area contributed by atoms with Gasteiger partial charge in [0.05, 0.1) is 25.0 Å². The van der Waals surface area contributed by atoms with E-state index in [1.165, 1.54) is 6.26 Å². The van der Waals surface area contributed by atoms with E-state index in [9.17, 15) is 4.79 Å². The Hall–Kier alpha value is -1.03. The molecule has 0 saturated carbocycles. The van der Waals surface area contributed by atoms with E-state index < -0.39 is 0 Å². The van der Waals surface area contributed by atoms with Crippen LogP contribution in [0.3, 0.4) is 0 Å². The highest BCUT2D eigenvalue weighted by Gasteiger charge is 2.24. The molecule has 0 spiro atoms. The lowest BCUT2D eigenvalue weighted by atomic mass is 10.2. The molecule has 0 saturated heterocycles. The number of esters is 1. The molecule has 1 unspecified atom stereocenters. The third-order valence-corrected chi connectivity index (χ3v) is 2.09. The van der Waals surface area contributed by atoms with Gasteiger partial charge in [-0.25, -0.2) is 4.79 Å². The number of rotatable bonds is 6. The average Bonchev–Trinajstić information content (AvgIpc) is 2.67. The van der Waals surface area contributed by atoms with Crippen LogP contribution < -0.4 is 0 Å². The van der Waals surface area contributed by atoms with E-state index in [4.69, 9.17) is 14.2 Å². The third kappa shape index (κ3) is 3.91. The Morgan fingerprint density at radius 2 is 2.40 bits per heavy atom. The van der Waals surface area contributed by atoms with Crippen molar-refractivity contribution in [2.75, 3.05) is 13.2 Å². The molecule has 0 aromatic heterocycles. The Bertz CT molecular complexity index is 235. The fourth-order valence-electron chi connectivity index (χ4n) is 1.25. The van der Waals surface area contributed by atoms with Gasteiger partial charge >= 0.3 is 5.97 Å². The van der Waals surface area contributed by atoms with E-state index in [0.717, 1.165) is 12.8 Å². The van der Waals surface area contributed by atoms with Crippen LogP contribution in [0.15, 0.2) is 11.8 Å². The van der Waals surface area contributed by atoms with E-state index >= 15 is 0 Å². The first-order valence-corrected chi connectivity index (χ1v) is 5.41. The average molecular weight is 214 g/mol. The largest absolute Gasteiger partial charge is 0.472 e. The van der Waals surface area contributed by atoms with Gasteiger partial charge in [-0.15, -0.1) is 0 Å². The predicted octanol–water partition coefficient (Wildman–Crippen LogP) is 2.00. The summed E-state index contributed by atoms with van der Waals surface area (Å²) >= 11 is 0. The topological polar surface area (TPSA) is 44.8 Å². The van der Waals surface area contributed by atoms with Crippen molar-refractivity contribution in [1.29, 1.82) is 0 Å². The van der Waals surface area contributed by atoms with Gasteiger partial charge in [-0.3, -0.25) is 0 Å². The Balaban J connectivity index is 2.21. The molecule has 1 atom stereocenters. The van der Waals surface area contributed by atoms with Gasteiger partial charge < -0.3 is 14.2 Å². The number of hydrogen-bond acceptors (Lipinski definition) is 4. The van der Waals surface area contributed by atoms with Crippen LogP contribution in [0.2, 0.25) is 0 Å². The molecule has 0 aromatic carbocycles. The monoisotopic (exact) mass is 214 g/mol. The molecule has 1 aliphatic heterocycles. The molecular formula is C11H18O4. The first kappa shape index (κ1) is 12.0. The van der Waals surface area contributed by atoms with Crippen molar-refractivity contribution in [2.24, 2.45) is 0 Å². The molecule has 1 heterocycles. The van der Waals surface area contributed by atoms with Gasteiger partial charge in [0.1, 0.15) is 0 Å². The van der Waals surface area contributed by atoms with Crippen LogP contribution in [0, 0.1) is 0 Å². The minimum absolute atomic E-state index is 0.306. The molecule has 1 aliphatic rings. The van der Waals surface area contributed by atoms with Crippen molar-refractivity contribution < 1.29 is 19.0 Å². The maximum absolute atomic E-state index is 11.3. The van der Waals surface area contributed by atoms with E-state index in [1.54, 1.807) is 6.92 Å². The lowest BCUT2D eigenvalue weighted by Crippen LogP contribution is -2.14. The van der Waals surface area contributed by atoms with Crippen LogP contribution in [0.4, 0.5) is 0 Å². The molecule has 4 heteroatoms. The molecule has 0 aliphatic carbocycles. The first-order chi connectivity index (χ1) is 7.27. The predicted molar refractivity (Wildman–Crippen MR) is 55.1 cm³/mol. The molecule has 4 nitrogen and oxygen atoms in total. The van der Waals surface area contributed by atoms with Gasteiger partial charge in [0.25, 0.3) is 0 Å². The molecule has 86 valence electrons. The lowest BCUT2D eigenvalue weighted by Gasteiger charge is -2.10. The Labute approximate surface area is 90.2 Å². The SMILES string of the molecule is CCCCOC1CC(C(=O)OCC)=CO1. The lowest BCUT2D eigenvalue weighted by molar-refractivity contribution is -0.139. The van der Waals surface area contributed by atoms with Crippen LogP contribution in [0.25, 0.3) is 0 Å². The summed E-state index contributed by atoms with van der Waals surface area (Å²) in [5, 5.41) is 0. The highest BCUT2D eigenvalue weighted by Crippen LogP contribution is 2.20. The summed E-state index contributed by atoms with van der Waals surface area (Å²) in [6.45, 7) is 4.94. The summed E-state index contributed by atoms with van der Waals surface area (Å²) in [5.41, 5.74) is 0.554. The second-order valence-corrected chi connectivity index (χ2v) is 3.36. The number of hydrogen-bond donors (Lipinski definition) is 0. The van der Waals surface area contributed by atoms with Crippen LogP contribution >= 0.6 is 0 Å². The van der Waals surface area contributed by atoms with Crippen LogP contribution in [-0.2, 0) is 19.0 Å². The van der Waals surface area contributed by atoms with E-state index in [0.29, 0.717) is 25.2 Å². The molecular weight excluding hydrogens is 196 g/mol. The van der Waals surface area contributed by atoms with Crippen LogP contribution in [-0.4, -0.2) is 25.5 Å². The van der Waals surface area contributed by atoms with Gasteiger partial charge in [0.15, 0.2) is 0 Å². The van der Waals surface area contributed by atoms with Crippen molar-refractivity contribution >= 4 is 5.97 Å². The minimum Gasteiger partial charge on any atom is -0.472 e. The van der Waals surface area contributed by atoms with E-state index in [-0.39, 0.29) is 12.3 Å². The van der Waals surface area contributed by atoms with Crippen LogP contribution in [0.1, 0.15) is 33.1 Å². The van der Waals surface area contributed by atoms with Crippen molar-refractivity contribution in [3.8, 4) is 0 Å². The minimum atomic E-state index is -0.309. The number of ether oxygens (including phenoxy) is 3. The number of carbonyl (C=O) groups excluding carboxylic acids is 1. The fraction of sp³-hybridized carbons (Fsp3) is 0.727. The molecule has 0 amide bonds. The van der Waals surface area contributed by atoms with E-state index in [1.807, 2.05) is 0 Å². The summed E-state index contributed by atoms with van der Waals surface area (Å²) in [7, 11) is 0. The molecule has 0 radical (unpaired) electrons. The van der Waals surface area contributed by atoms with Crippen molar-refractivity contribution in [3.63, 3.8) is 0 Å². The Kier molecular flexibility index (Phi) is 5.18.